The van der Waals surface area contributed by atoms with Gasteiger partial charge in [0.15, 0.2) is 0 Å². The maximum Gasteiger partial charge on any atom is 0.0600 e. The first-order valence-corrected chi connectivity index (χ1v) is 8.54. The highest BCUT2D eigenvalue weighted by Crippen LogP contribution is 2.23. The average molecular weight is 282 g/mol. The lowest BCUT2D eigenvalue weighted by atomic mass is 9.95. The van der Waals surface area contributed by atoms with Crippen LogP contribution in [-0.4, -0.2) is 60.8 Å². The standard InChI is InChI=1S/C17H34N2O/c1-15-5-11-19(12-6-15)16-7-9-18(10-8-16)13-14-20-17(2,3)4/h15-16H,5-14H2,1-4H3. The molecule has 2 aliphatic heterocycles. The molecule has 0 unspecified atom stereocenters. The van der Waals surface area contributed by atoms with Crippen LogP contribution < -0.4 is 0 Å². The second kappa shape index (κ2) is 7.24. The van der Waals surface area contributed by atoms with Crippen LogP contribution in [-0.2, 0) is 4.74 Å². The molecule has 2 fully saturated rings. The van der Waals surface area contributed by atoms with Gasteiger partial charge in [-0.2, -0.15) is 0 Å². The number of nitrogens with zero attached hydrogens (tertiary/aromatic N) is 2. The van der Waals surface area contributed by atoms with Crippen molar-refractivity contribution in [2.24, 2.45) is 5.92 Å². The Morgan fingerprint density at radius 3 is 2.10 bits per heavy atom. The summed E-state index contributed by atoms with van der Waals surface area (Å²) in [5.41, 5.74) is 0.00279. The van der Waals surface area contributed by atoms with E-state index >= 15 is 0 Å². The number of ether oxygens (including phenoxy) is 1. The summed E-state index contributed by atoms with van der Waals surface area (Å²) in [5.74, 6) is 0.945. The Kier molecular flexibility index (Phi) is 5.88. The summed E-state index contributed by atoms with van der Waals surface area (Å²) >= 11 is 0. The van der Waals surface area contributed by atoms with Gasteiger partial charge in [0.05, 0.1) is 12.2 Å². The topological polar surface area (TPSA) is 15.7 Å². The molecule has 0 aromatic carbocycles. The molecule has 0 N–H and O–H groups in total. The van der Waals surface area contributed by atoms with Crippen molar-refractivity contribution in [3.8, 4) is 0 Å². The fourth-order valence-electron chi connectivity index (χ4n) is 3.38. The Balaban J connectivity index is 1.62. The molecule has 2 aliphatic rings. The van der Waals surface area contributed by atoms with E-state index in [4.69, 9.17) is 4.74 Å². The van der Waals surface area contributed by atoms with E-state index in [2.05, 4.69) is 37.5 Å². The third-order valence-electron chi connectivity index (χ3n) is 4.83. The SMILES string of the molecule is CC1CCN(C2CCN(CCOC(C)(C)C)CC2)CC1. The number of hydrogen-bond acceptors (Lipinski definition) is 3. The Morgan fingerprint density at radius 2 is 1.55 bits per heavy atom. The van der Waals surface area contributed by atoms with Gasteiger partial charge < -0.3 is 14.5 Å². The van der Waals surface area contributed by atoms with E-state index in [0.29, 0.717) is 0 Å². The minimum atomic E-state index is 0.00279. The van der Waals surface area contributed by atoms with E-state index in [-0.39, 0.29) is 5.60 Å². The third-order valence-corrected chi connectivity index (χ3v) is 4.83. The van der Waals surface area contributed by atoms with E-state index < -0.39 is 0 Å². The van der Waals surface area contributed by atoms with Crippen LogP contribution in [0.1, 0.15) is 53.4 Å². The fraction of sp³-hybridized carbons (Fsp3) is 1.00. The summed E-state index contributed by atoms with van der Waals surface area (Å²) in [6.45, 7) is 15.9. The number of hydrogen-bond donors (Lipinski definition) is 0. The smallest absolute Gasteiger partial charge is 0.0600 e. The molecule has 2 rings (SSSR count). The average Bonchev–Trinajstić information content (AvgIpc) is 2.39. The van der Waals surface area contributed by atoms with Crippen molar-refractivity contribution in [2.75, 3.05) is 39.3 Å². The van der Waals surface area contributed by atoms with E-state index in [1.807, 2.05) is 0 Å². The van der Waals surface area contributed by atoms with E-state index in [1.54, 1.807) is 0 Å². The van der Waals surface area contributed by atoms with Gasteiger partial charge in [-0.1, -0.05) is 6.92 Å². The minimum absolute atomic E-state index is 0.00279. The zero-order chi connectivity index (χ0) is 14.6. The van der Waals surface area contributed by atoms with Crippen molar-refractivity contribution >= 4 is 0 Å². The molecule has 3 heteroatoms. The van der Waals surface area contributed by atoms with Gasteiger partial charge in [0.25, 0.3) is 0 Å². The zero-order valence-electron chi connectivity index (χ0n) is 14.0. The monoisotopic (exact) mass is 282 g/mol. The quantitative estimate of drug-likeness (QED) is 0.788. The van der Waals surface area contributed by atoms with Crippen molar-refractivity contribution in [1.29, 1.82) is 0 Å². The molecule has 20 heavy (non-hydrogen) atoms. The van der Waals surface area contributed by atoms with E-state index in [0.717, 1.165) is 25.1 Å². The van der Waals surface area contributed by atoms with Crippen LogP contribution in [0.2, 0.25) is 0 Å². The molecule has 0 aromatic heterocycles. The van der Waals surface area contributed by atoms with Crippen LogP contribution in [0.15, 0.2) is 0 Å². The van der Waals surface area contributed by atoms with Crippen molar-refractivity contribution in [2.45, 2.75) is 65.0 Å². The van der Waals surface area contributed by atoms with Crippen LogP contribution in [0.5, 0.6) is 0 Å². The highest BCUT2D eigenvalue weighted by atomic mass is 16.5. The molecular formula is C17H34N2O. The molecular weight excluding hydrogens is 248 g/mol. The summed E-state index contributed by atoms with van der Waals surface area (Å²) in [5, 5.41) is 0. The summed E-state index contributed by atoms with van der Waals surface area (Å²) < 4.78 is 5.83. The maximum atomic E-state index is 5.83. The second-order valence-electron chi connectivity index (χ2n) is 7.75. The van der Waals surface area contributed by atoms with Crippen molar-refractivity contribution in [3.05, 3.63) is 0 Å². The van der Waals surface area contributed by atoms with Crippen molar-refractivity contribution < 1.29 is 4.74 Å². The predicted octanol–water partition coefficient (Wildman–Crippen LogP) is 3.00. The minimum Gasteiger partial charge on any atom is -0.375 e. The Hall–Kier alpha value is -0.120. The molecule has 0 amide bonds. The maximum absolute atomic E-state index is 5.83. The van der Waals surface area contributed by atoms with Crippen LogP contribution in [0.25, 0.3) is 0 Å². The molecule has 0 aliphatic carbocycles. The molecule has 0 saturated carbocycles. The molecule has 2 saturated heterocycles. The third kappa shape index (κ3) is 5.34. The molecule has 0 aromatic rings. The van der Waals surface area contributed by atoms with Crippen molar-refractivity contribution in [1.82, 2.24) is 9.80 Å². The lowest BCUT2D eigenvalue weighted by molar-refractivity contribution is -0.0184. The van der Waals surface area contributed by atoms with Crippen LogP contribution in [0.4, 0.5) is 0 Å². The van der Waals surface area contributed by atoms with Crippen LogP contribution in [0, 0.1) is 5.92 Å². The Bertz CT molecular complexity index is 271. The molecule has 3 nitrogen and oxygen atoms in total. The fourth-order valence-corrected chi connectivity index (χ4v) is 3.38. The normalized spacial score (nSPS) is 25.2. The van der Waals surface area contributed by atoms with Gasteiger partial charge in [-0.25, -0.2) is 0 Å². The second-order valence-corrected chi connectivity index (χ2v) is 7.75. The first kappa shape index (κ1) is 16.3. The molecule has 2 heterocycles. The summed E-state index contributed by atoms with van der Waals surface area (Å²) in [7, 11) is 0. The molecule has 0 radical (unpaired) electrons. The summed E-state index contributed by atoms with van der Waals surface area (Å²) in [4.78, 5) is 5.33. The van der Waals surface area contributed by atoms with Gasteiger partial charge in [0, 0.05) is 12.6 Å². The van der Waals surface area contributed by atoms with Crippen molar-refractivity contribution in [3.63, 3.8) is 0 Å². The highest BCUT2D eigenvalue weighted by molar-refractivity contribution is 4.82. The number of piperidine rings is 2. The zero-order valence-corrected chi connectivity index (χ0v) is 14.0. The van der Waals surface area contributed by atoms with Crippen LogP contribution >= 0.6 is 0 Å². The summed E-state index contributed by atoms with van der Waals surface area (Å²) in [6.07, 6.45) is 5.51. The van der Waals surface area contributed by atoms with E-state index in [9.17, 15) is 0 Å². The van der Waals surface area contributed by atoms with Gasteiger partial charge in [0.1, 0.15) is 0 Å². The Labute approximate surface area is 125 Å². The van der Waals surface area contributed by atoms with Gasteiger partial charge >= 0.3 is 0 Å². The first-order chi connectivity index (χ1) is 9.44. The number of rotatable bonds is 4. The predicted molar refractivity (Wildman–Crippen MR) is 85.1 cm³/mol. The van der Waals surface area contributed by atoms with Gasteiger partial charge in [-0.3, -0.25) is 0 Å². The van der Waals surface area contributed by atoms with Gasteiger partial charge in [0.2, 0.25) is 0 Å². The highest BCUT2D eigenvalue weighted by Gasteiger charge is 2.27. The molecule has 118 valence electrons. The van der Waals surface area contributed by atoms with Crippen LogP contribution in [0.3, 0.4) is 0 Å². The summed E-state index contributed by atoms with van der Waals surface area (Å²) in [6, 6.07) is 0.849. The van der Waals surface area contributed by atoms with E-state index in [1.165, 1.54) is 51.9 Å². The molecule has 0 spiro atoms. The van der Waals surface area contributed by atoms with Gasteiger partial charge in [-0.15, -0.1) is 0 Å². The largest absolute Gasteiger partial charge is 0.375 e. The molecule has 0 bridgehead atoms. The first-order valence-electron chi connectivity index (χ1n) is 8.54. The number of likely N-dealkylation sites (tertiary alicyclic amines) is 2. The lowest BCUT2D eigenvalue weighted by Gasteiger charge is -2.41. The lowest BCUT2D eigenvalue weighted by Crippen LogP contribution is -2.48. The Morgan fingerprint density at radius 1 is 0.950 bits per heavy atom. The van der Waals surface area contributed by atoms with Gasteiger partial charge in [-0.05, 0) is 78.6 Å². The molecule has 0 atom stereocenters.